The Bertz CT molecular complexity index is 368. The lowest BCUT2D eigenvalue weighted by Crippen LogP contribution is -2.01. The van der Waals surface area contributed by atoms with Gasteiger partial charge in [-0.3, -0.25) is 4.79 Å². The number of hydrogen-bond donors (Lipinski definition) is 0. The van der Waals surface area contributed by atoms with Crippen LogP contribution in [0.4, 0.5) is 0 Å². The lowest BCUT2D eigenvalue weighted by Gasteiger charge is -2.07. The van der Waals surface area contributed by atoms with Crippen LogP contribution in [0.25, 0.3) is 0 Å². The number of benzene rings is 1. The molecule has 0 aromatic heterocycles. The number of halogens is 1. The molecule has 0 atom stereocenters. The van der Waals surface area contributed by atoms with E-state index < -0.39 is 0 Å². The first kappa shape index (κ1) is 11.0. The highest BCUT2D eigenvalue weighted by Crippen LogP contribution is 2.17. The number of hydrogen-bond acceptors (Lipinski definition) is 1. The van der Waals surface area contributed by atoms with Crippen LogP contribution in [0.3, 0.4) is 0 Å². The Labute approximate surface area is 89.4 Å². The van der Waals surface area contributed by atoms with E-state index in [1.165, 1.54) is 17.2 Å². The van der Waals surface area contributed by atoms with Gasteiger partial charge in [-0.25, -0.2) is 0 Å². The summed E-state index contributed by atoms with van der Waals surface area (Å²) in [5, 5.41) is 0. The van der Waals surface area contributed by atoms with Gasteiger partial charge >= 0.3 is 0 Å². The zero-order valence-electron chi connectivity index (χ0n) is 8.60. The number of carbonyl (C=O) groups is 1. The van der Waals surface area contributed by atoms with Crippen LogP contribution in [0.2, 0.25) is 0 Å². The first-order valence-corrected chi connectivity index (χ1v) is 4.89. The molecule has 0 spiro atoms. The van der Waals surface area contributed by atoms with Crippen LogP contribution in [0.1, 0.15) is 27.0 Å². The maximum absolute atomic E-state index is 11.6. The molecule has 1 aromatic rings. The zero-order valence-corrected chi connectivity index (χ0v) is 9.35. The van der Waals surface area contributed by atoms with Crippen LogP contribution in [0.5, 0.6) is 0 Å². The third-order valence-corrected chi connectivity index (χ3v) is 2.26. The van der Waals surface area contributed by atoms with Crippen molar-refractivity contribution in [2.24, 2.45) is 0 Å². The van der Waals surface area contributed by atoms with E-state index >= 15 is 0 Å². The molecule has 0 saturated heterocycles. The van der Waals surface area contributed by atoms with Gasteiger partial charge in [0.05, 0.1) is 0 Å². The van der Waals surface area contributed by atoms with Crippen LogP contribution < -0.4 is 0 Å². The monoisotopic (exact) mass is 208 g/mol. The molecule has 0 radical (unpaired) electrons. The van der Waals surface area contributed by atoms with Crippen molar-refractivity contribution in [1.82, 2.24) is 0 Å². The van der Waals surface area contributed by atoms with E-state index in [1.54, 1.807) is 0 Å². The lowest BCUT2D eigenvalue weighted by atomic mass is 9.97. The molecule has 1 aromatic carbocycles. The summed E-state index contributed by atoms with van der Waals surface area (Å²) in [7, 11) is 0. The molecular formula is C12H13ClO. The van der Waals surface area contributed by atoms with Gasteiger partial charge in [-0.15, -0.1) is 0 Å². The number of rotatable bonds is 2. The molecule has 0 fully saturated rings. The Morgan fingerprint density at radius 1 is 1.21 bits per heavy atom. The van der Waals surface area contributed by atoms with Gasteiger partial charge in [-0.1, -0.05) is 29.3 Å². The maximum Gasteiger partial charge on any atom is 0.187 e. The largest absolute Gasteiger partial charge is 0.289 e. The molecule has 0 aliphatic rings. The van der Waals surface area contributed by atoms with Crippen molar-refractivity contribution >= 4 is 17.4 Å². The minimum Gasteiger partial charge on any atom is -0.289 e. The van der Waals surface area contributed by atoms with Crippen LogP contribution in [0.15, 0.2) is 23.7 Å². The number of carbonyl (C=O) groups excluding carboxylic acids is 1. The summed E-state index contributed by atoms with van der Waals surface area (Å²) in [4.78, 5) is 11.6. The van der Waals surface area contributed by atoms with Gasteiger partial charge in [0.1, 0.15) is 0 Å². The summed E-state index contributed by atoms with van der Waals surface area (Å²) >= 11 is 5.38. The number of ketones is 1. The summed E-state index contributed by atoms with van der Waals surface area (Å²) in [6, 6.07) is 4.00. The van der Waals surface area contributed by atoms with E-state index in [0.717, 1.165) is 16.7 Å². The first-order valence-electron chi connectivity index (χ1n) is 4.45. The summed E-state index contributed by atoms with van der Waals surface area (Å²) in [5.41, 5.74) is 5.18. The molecule has 2 heteroatoms. The third-order valence-electron chi connectivity index (χ3n) is 2.14. The summed E-state index contributed by atoms with van der Waals surface area (Å²) < 4.78 is 0. The molecule has 0 amide bonds. The van der Waals surface area contributed by atoms with Crippen LogP contribution in [0, 0.1) is 20.8 Å². The van der Waals surface area contributed by atoms with Crippen LogP contribution in [-0.4, -0.2) is 5.78 Å². The van der Waals surface area contributed by atoms with Gasteiger partial charge in [0.15, 0.2) is 5.78 Å². The summed E-state index contributed by atoms with van der Waals surface area (Å²) in [6.07, 6.45) is 1.38. The minimum atomic E-state index is -0.0324. The average molecular weight is 209 g/mol. The van der Waals surface area contributed by atoms with Gasteiger partial charge in [0.25, 0.3) is 0 Å². The third kappa shape index (κ3) is 2.24. The van der Waals surface area contributed by atoms with Gasteiger partial charge in [-0.2, -0.15) is 0 Å². The smallest absolute Gasteiger partial charge is 0.187 e. The predicted molar refractivity (Wildman–Crippen MR) is 60.0 cm³/mol. The second kappa shape index (κ2) is 4.43. The van der Waals surface area contributed by atoms with Crippen molar-refractivity contribution in [3.8, 4) is 0 Å². The highest BCUT2D eigenvalue weighted by Gasteiger charge is 2.09. The zero-order chi connectivity index (χ0) is 10.7. The molecular weight excluding hydrogens is 196 g/mol. The first-order chi connectivity index (χ1) is 6.56. The quantitative estimate of drug-likeness (QED) is 0.537. The Morgan fingerprint density at radius 3 is 2.14 bits per heavy atom. The minimum absolute atomic E-state index is 0.0324. The topological polar surface area (TPSA) is 17.1 Å². The van der Waals surface area contributed by atoms with Gasteiger partial charge < -0.3 is 0 Å². The van der Waals surface area contributed by atoms with Gasteiger partial charge in [-0.05, 0) is 38.0 Å². The standard InChI is InChI=1S/C12H13ClO/c1-8-6-9(2)12(10(3)7-8)11(14)4-5-13/h4-7H,1-3H3/b5-4+. The fourth-order valence-corrected chi connectivity index (χ4v) is 1.82. The Balaban J connectivity index is 3.27. The fourth-order valence-electron chi connectivity index (χ4n) is 1.71. The van der Waals surface area contributed by atoms with E-state index in [1.807, 2.05) is 32.9 Å². The van der Waals surface area contributed by atoms with Crippen molar-refractivity contribution in [3.63, 3.8) is 0 Å². The molecule has 0 aliphatic heterocycles. The van der Waals surface area contributed by atoms with Crippen molar-refractivity contribution in [2.45, 2.75) is 20.8 Å². The van der Waals surface area contributed by atoms with Crippen molar-refractivity contribution in [2.75, 3.05) is 0 Å². The van der Waals surface area contributed by atoms with Crippen molar-refractivity contribution in [3.05, 3.63) is 46.0 Å². The molecule has 74 valence electrons. The van der Waals surface area contributed by atoms with Crippen LogP contribution >= 0.6 is 11.6 Å². The molecule has 0 heterocycles. The van der Waals surface area contributed by atoms with E-state index in [4.69, 9.17) is 11.6 Å². The predicted octanol–water partition coefficient (Wildman–Crippen LogP) is 3.55. The fraction of sp³-hybridized carbons (Fsp3) is 0.250. The maximum atomic E-state index is 11.6. The molecule has 1 rings (SSSR count). The number of allylic oxidation sites excluding steroid dienone is 1. The van der Waals surface area contributed by atoms with Crippen molar-refractivity contribution in [1.29, 1.82) is 0 Å². The Kier molecular flexibility index (Phi) is 3.48. The SMILES string of the molecule is Cc1cc(C)c(C(=O)/C=C/Cl)c(C)c1. The van der Waals surface area contributed by atoms with Gasteiger partial charge in [0.2, 0.25) is 0 Å². The van der Waals surface area contributed by atoms with E-state index in [2.05, 4.69) is 0 Å². The molecule has 0 unspecified atom stereocenters. The van der Waals surface area contributed by atoms with Crippen molar-refractivity contribution < 1.29 is 4.79 Å². The molecule has 0 saturated carbocycles. The second-order valence-electron chi connectivity index (χ2n) is 3.43. The molecule has 0 bridgehead atoms. The molecule has 1 nitrogen and oxygen atoms in total. The average Bonchev–Trinajstić information content (AvgIpc) is 2.01. The Morgan fingerprint density at radius 2 is 1.71 bits per heavy atom. The summed E-state index contributed by atoms with van der Waals surface area (Å²) in [6.45, 7) is 5.90. The highest BCUT2D eigenvalue weighted by atomic mass is 35.5. The van der Waals surface area contributed by atoms with E-state index in [-0.39, 0.29) is 5.78 Å². The molecule has 0 N–H and O–H groups in total. The van der Waals surface area contributed by atoms with E-state index in [9.17, 15) is 4.79 Å². The second-order valence-corrected chi connectivity index (χ2v) is 3.68. The summed E-state index contributed by atoms with van der Waals surface area (Å²) in [5.74, 6) is -0.0324. The van der Waals surface area contributed by atoms with E-state index in [0.29, 0.717) is 0 Å². The molecule has 0 aliphatic carbocycles. The van der Waals surface area contributed by atoms with Crippen LogP contribution in [-0.2, 0) is 0 Å². The normalized spacial score (nSPS) is 10.9. The molecule has 14 heavy (non-hydrogen) atoms. The Hall–Kier alpha value is -1.08. The highest BCUT2D eigenvalue weighted by molar-refractivity contribution is 6.27. The van der Waals surface area contributed by atoms with Gasteiger partial charge in [0, 0.05) is 11.1 Å². The number of aryl methyl sites for hydroxylation is 3. The lowest BCUT2D eigenvalue weighted by molar-refractivity contribution is 0.104.